The number of aliphatic carboxylic acids is 1. The Bertz CT molecular complexity index is 795. The van der Waals surface area contributed by atoms with E-state index in [1.54, 1.807) is 42.5 Å². The van der Waals surface area contributed by atoms with Crippen LogP contribution in [0.25, 0.3) is 0 Å². The summed E-state index contributed by atoms with van der Waals surface area (Å²) in [6.45, 7) is 0.130. The highest BCUT2D eigenvalue weighted by Crippen LogP contribution is 2.37. The van der Waals surface area contributed by atoms with Gasteiger partial charge in [0.25, 0.3) is 0 Å². The fraction of sp³-hybridized carbons (Fsp3) is 0.263. The first-order valence-electron chi connectivity index (χ1n) is 7.88. The van der Waals surface area contributed by atoms with Gasteiger partial charge in [0.1, 0.15) is 17.4 Å². The Morgan fingerprint density at radius 1 is 1.08 bits per heavy atom. The number of methoxy groups -OCH3 is 2. The van der Waals surface area contributed by atoms with Gasteiger partial charge in [0, 0.05) is 17.8 Å². The zero-order valence-corrected chi connectivity index (χ0v) is 14.1. The number of amides is 1. The predicted octanol–water partition coefficient (Wildman–Crippen LogP) is 2.46. The van der Waals surface area contributed by atoms with Crippen molar-refractivity contribution in [3.05, 3.63) is 53.6 Å². The molecule has 25 heavy (non-hydrogen) atoms. The lowest BCUT2D eigenvalue weighted by Crippen LogP contribution is -2.32. The number of hydrogen-bond acceptors (Lipinski definition) is 4. The van der Waals surface area contributed by atoms with Crippen LogP contribution >= 0.6 is 0 Å². The molecule has 2 aromatic carbocycles. The topological polar surface area (TPSA) is 76.1 Å². The standard InChI is InChI=1S/C19H19NO5/c1-24-16-8-5-9-17(25-2)13(16)10-18(21)20-11-14(19(22)23)12-6-3-4-7-15(12)20/h3-9,14H,10-11H2,1-2H3,(H,22,23). The molecule has 1 unspecified atom stereocenters. The van der Waals surface area contributed by atoms with Crippen molar-refractivity contribution in [3.8, 4) is 11.5 Å². The largest absolute Gasteiger partial charge is 0.496 e. The minimum atomic E-state index is -0.933. The summed E-state index contributed by atoms with van der Waals surface area (Å²) in [4.78, 5) is 25.9. The van der Waals surface area contributed by atoms with Crippen LogP contribution in [0.15, 0.2) is 42.5 Å². The highest BCUT2D eigenvalue weighted by Gasteiger charge is 2.36. The zero-order valence-electron chi connectivity index (χ0n) is 14.1. The number of para-hydroxylation sites is 1. The van der Waals surface area contributed by atoms with Crippen LogP contribution in [0.2, 0.25) is 0 Å². The maximum atomic E-state index is 12.9. The molecule has 0 aromatic heterocycles. The number of anilines is 1. The van der Waals surface area contributed by atoms with Crippen LogP contribution in [0.3, 0.4) is 0 Å². The summed E-state index contributed by atoms with van der Waals surface area (Å²) in [6, 6.07) is 12.4. The first kappa shape index (κ1) is 16.8. The van der Waals surface area contributed by atoms with E-state index >= 15 is 0 Å². The second-order valence-corrected chi connectivity index (χ2v) is 5.77. The molecule has 1 amide bonds. The molecule has 0 bridgehead atoms. The van der Waals surface area contributed by atoms with Crippen molar-refractivity contribution in [1.82, 2.24) is 0 Å². The Kier molecular flexibility index (Phi) is 4.61. The highest BCUT2D eigenvalue weighted by atomic mass is 16.5. The van der Waals surface area contributed by atoms with Gasteiger partial charge < -0.3 is 19.5 Å². The highest BCUT2D eigenvalue weighted by molar-refractivity contribution is 6.00. The average molecular weight is 341 g/mol. The third-order valence-corrected chi connectivity index (χ3v) is 4.43. The number of carbonyl (C=O) groups excluding carboxylic acids is 1. The van der Waals surface area contributed by atoms with E-state index in [4.69, 9.17) is 9.47 Å². The van der Waals surface area contributed by atoms with Gasteiger partial charge in [-0.3, -0.25) is 9.59 Å². The maximum Gasteiger partial charge on any atom is 0.312 e. The third-order valence-electron chi connectivity index (χ3n) is 4.43. The van der Waals surface area contributed by atoms with Crippen molar-refractivity contribution in [2.45, 2.75) is 12.3 Å². The van der Waals surface area contributed by atoms with Crippen LogP contribution in [0.4, 0.5) is 5.69 Å². The van der Waals surface area contributed by atoms with E-state index in [0.717, 1.165) is 0 Å². The average Bonchev–Trinajstić information content (AvgIpc) is 3.02. The molecule has 0 fully saturated rings. The van der Waals surface area contributed by atoms with Crippen molar-refractivity contribution in [2.75, 3.05) is 25.7 Å². The normalized spacial score (nSPS) is 15.6. The molecule has 6 nitrogen and oxygen atoms in total. The number of fused-ring (bicyclic) bond motifs is 1. The summed E-state index contributed by atoms with van der Waals surface area (Å²) in [6.07, 6.45) is 0.0634. The van der Waals surface area contributed by atoms with Gasteiger partial charge in [-0.25, -0.2) is 0 Å². The van der Waals surface area contributed by atoms with E-state index in [1.165, 1.54) is 19.1 Å². The van der Waals surface area contributed by atoms with E-state index in [0.29, 0.717) is 28.3 Å². The summed E-state index contributed by atoms with van der Waals surface area (Å²) in [5, 5.41) is 9.44. The molecule has 6 heteroatoms. The van der Waals surface area contributed by atoms with Crippen LogP contribution < -0.4 is 14.4 Å². The van der Waals surface area contributed by atoms with Gasteiger partial charge in [0.05, 0.1) is 20.6 Å². The van der Waals surface area contributed by atoms with Gasteiger partial charge in [-0.1, -0.05) is 24.3 Å². The number of rotatable bonds is 5. The molecule has 0 saturated heterocycles. The lowest BCUT2D eigenvalue weighted by Gasteiger charge is -2.19. The molecular weight excluding hydrogens is 322 g/mol. The first-order valence-corrected chi connectivity index (χ1v) is 7.88. The molecule has 1 N–H and O–H groups in total. The molecule has 2 aromatic rings. The van der Waals surface area contributed by atoms with Crippen LogP contribution in [-0.4, -0.2) is 37.7 Å². The van der Waals surface area contributed by atoms with Crippen molar-refractivity contribution >= 4 is 17.6 Å². The second-order valence-electron chi connectivity index (χ2n) is 5.77. The molecule has 1 atom stereocenters. The number of carboxylic acid groups (broad SMARTS) is 1. The monoisotopic (exact) mass is 341 g/mol. The Labute approximate surface area is 145 Å². The molecule has 0 radical (unpaired) electrons. The Balaban J connectivity index is 1.92. The summed E-state index contributed by atoms with van der Waals surface area (Å²) in [5.41, 5.74) is 1.96. The number of hydrogen-bond donors (Lipinski definition) is 1. The van der Waals surface area contributed by atoms with Crippen molar-refractivity contribution in [1.29, 1.82) is 0 Å². The van der Waals surface area contributed by atoms with Gasteiger partial charge in [0.2, 0.25) is 5.91 Å². The molecule has 0 saturated carbocycles. The van der Waals surface area contributed by atoms with E-state index in [2.05, 4.69) is 0 Å². The SMILES string of the molecule is COc1cccc(OC)c1CC(=O)N1CC(C(=O)O)c2ccccc21. The fourth-order valence-electron chi connectivity index (χ4n) is 3.20. The predicted molar refractivity (Wildman–Crippen MR) is 92.4 cm³/mol. The van der Waals surface area contributed by atoms with Gasteiger partial charge >= 0.3 is 5.97 Å². The van der Waals surface area contributed by atoms with Crippen LogP contribution in [-0.2, 0) is 16.0 Å². The van der Waals surface area contributed by atoms with Gasteiger partial charge in [0.15, 0.2) is 0 Å². The minimum absolute atomic E-state index is 0.0634. The van der Waals surface area contributed by atoms with Crippen LogP contribution in [0.1, 0.15) is 17.0 Å². The maximum absolute atomic E-state index is 12.9. The van der Waals surface area contributed by atoms with E-state index < -0.39 is 11.9 Å². The molecule has 1 heterocycles. The van der Waals surface area contributed by atoms with Gasteiger partial charge in [-0.15, -0.1) is 0 Å². The number of ether oxygens (including phenoxy) is 2. The minimum Gasteiger partial charge on any atom is -0.496 e. The lowest BCUT2D eigenvalue weighted by atomic mass is 10.0. The molecule has 0 spiro atoms. The smallest absolute Gasteiger partial charge is 0.312 e. The van der Waals surface area contributed by atoms with Crippen LogP contribution in [0.5, 0.6) is 11.5 Å². The summed E-state index contributed by atoms with van der Waals surface area (Å²) in [5.74, 6) is -0.707. The summed E-state index contributed by atoms with van der Waals surface area (Å²) in [7, 11) is 3.07. The fourth-order valence-corrected chi connectivity index (χ4v) is 3.20. The van der Waals surface area contributed by atoms with Crippen molar-refractivity contribution in [3.63, 3.8) is 0 Å². The van der Waals surface area contributed by atoms with Gasteiger partial charge in [-0.05, 0) is 23.8 Å². The number of nitrogens with zero attached hydrogens (tertiary/aromatic N) is 1. The van der Waals surface area contributed by atoms with Crippen LogP contribution in [0, 0.1) is 0 Å². The molecule has 130 valence electrons. The molecule has 3 rings (SSSR count). The summed E-state index contributed by atoms with van der Waals surface area (Å²) < 4.78 is 10.7. The third kappa shape index (κ3) is 3.03. The molecular formula is C19H19NO5. The number of carboxylic acids is 1. The molecule has 1 aliphatic rings. The molecule has 0 aliphatic carbocycles. The van der Waals surface area contributed by atoms with Crippen molar-refractivity contribution in [2.24, 2.45) is 0 Å². The van der Waals surface area contributed by atoms with E-state index in [1.807, 2.05) is 0 Å². The van der Waals surface area contributed by atoms with Crippen molar-refractivity contribution < 1.29 is 24.2 Å². The summed E-state index contributed by atoms with van der Waals surface area (Å²) >= 11 is 0. The number of carbonyl (C=O) groups is 2. The first-order chi connectivity index (χ1) is 12.1. The zero-order chi connectivity index (χ0) is 18.0. The van der Waals surface area contributed by atoms with Gasteiger partial charge in [-0.2, -0.15) is 0 Å². The lowest BCUT2D eigenvalue weighted by molar-refractivity contribution is -0.138. The Morgan fingerprint density at radius 2 is 1.72 bits per heavy atom. The molecule has 1 aliphatic heterocycles. The Morgan fingerprint density at radius 3 is 2.32 bits per heavy atom. The Hall–Kier alpha value is -3.02. The second kappa shape index (κ2) is 6.84. The van der Waals surface area contributed by atoms with E-state index in [-0.39, 0.29) is 18.9 Å². The quantitative estimate of drug-likeness (QED) is 0.904. The van der Waals surface area contributed by atoms with E-state index in [9.17, 15) is 14.7 Å². The number of benzene rings is 2.